The van der Waals surface area contributed by atoms with E-state index in [1.165, 1.54) is 16.4 Å². The number of rotatable bonds is 7. The minimum atomic E-state index is -3.67. The van der Waals surface area contributed by atoms with Gasteiger partial charge < -0.3 is 10.1 Å². The van der Waals surface area contributed by atoms with Crippen molar-refractivity contribution in [2.75, 3.05) is 22.8 Å². The third-order valence-electron chi connectivity index (χ3n) is 5.14. The predicted octanol–water partition coefficient (Wildman–Crippen LogP) is 4.48. The lowest BCUT2D eigenvalue weighted by molar-refractivity contribution is 0.102. The number of nitrogens with zero attached hydrogens (tertiary/aromatic N) is 1. The summed E-state index contributed by atoms with van der Waals surface area (Å²) in [5.41, 5.74) is 2.69. The Morgan fingerprint density at radius 2 is 1.71 bits per heavy atom. The molecule has 3 aromatic rings. The van der Waals surface area contributed by atoms with Crippen LogP contribution in [0.3, 0.4) is 0 Å². The van der Waals surface area contributed by atoms with Crippen molar-refractivity contribution < 1.29 is 17.9 Å². The summed E-state index contributed by atoms with van der Waals surface area (Å²) < 4.78 is 33.3. The zero-order valence-corrected chi connectivity index (χ0v) is 18.1. The van der Waals surface area contributed by atoms with Crippen LogP contribution in [-0.4, -0.2) is 27.5 Å². The summed E-state index contributed by atoms with van der Waals surface area (Å²) in [4.78, 5) is 12.9. The average molecular weight is 437 g/mol. The zero-order chi connectivity index (χ0) is 21.8. The summed E-state index contributed by atoms with van der Waals surface area (Å²) in [6.45, 7) is 2.95. The molecule has 0 saturated heterocycles. The molecule has 7 heteroatoms. The molecule has 0 saturated carbocycles. The Kier molecular flexibility index (Phi) is 5.95. The van der Waals surface area contributed by atoms with Gasteiger partial charge in [-0.1, -0.05) is 37.3 Å². The fraction of sp³-hybridized carbons (Fsp3) is 0.208. The molecule has 0 spiro atoms. The molecule has 0 aliphatic carbocycles. The average Bonchev–Trinajstić information content (AvgIpc) is 3.23. The number of carbonyl (C=O) groups excluding carboxylic acids is 1. The van der Waals surface area contributed by atoms with Crippen LogP contribution in [0.4, 0.5) is 11.4 Å². The fourth-order valence-electron chi connectivity index (χ4n) is 3.59. The summed E-state index contributed by atoms with van der Waals surface area (Å²) in [6, 6.07) is 20.8. The SMILES string of the molecule is CCCOc1ccccc1C(=O)Nc1ccc(S(=O)(=O)N2CCc3ccccc32)cc1. The van der Waals surface area contributed by atoms with Gasteiger partial charge in [-0.15, -0.1) is 0 Å². The van der Waals surface area contributed by atoms with Crippen LogP contribution in [0.15, 0.2) is 77.7 Å². The van der Waals surface area contributed by atoms with E-state index in [0.29, 0.717) is 36.6 Å². The van der Waals surface area contributed by atoms with Crippen LogP contribution in [0.5, 0.6) is 5.75 Å². The summed E-state index contributed by atoms with van der Waals surface area (Å²) >= 11 is 0. The van der Waals surface area contributed by atoms with Crippen LogP contribution in [-0.2, 0) is 16.4 Å². The van der Waals surface area contributed by atoms with Crippen LogP contribution < -0.4 is 14.4 Å². The molecular weight excluding hydrogens is 412 g/mol. The Morgan fingerprint density at radius 3 is 2.48 bits per heavy atom. The number of amides is 1. The molecule has 1 N–H and O–H groups in total. The predicted molar refractivity (Wildman–Crippen MR) is 121 cm³/mol. The monoisotopic (exact) mass is 436 g/mol. The summed E-state index contributed by atoms with van der Waals surface area (Å²) in [5, 5.41) is 2.81. The van der Waals surface area contributed by atoms with E-state index in [4.69, 9.17) is 4.74 Å². The van der Waals surface area contributed by atoms with E-state index in [0.717, 1.165) is 17.7 Å². The van der Waals surface area contributed by atoms with Gasteiger partial charge in [0, 0.05) is 12.2 Å². The second kappa shape index (κ2) is 8.81. The molecule has 0 fully saturated rings. The molecule has 1 heterocycles. The van der Waals surface area contributed by atoms with E-state index in [-0.39, 0.29) is 10.8 Å². The van der Waals surface area contributed by atoms with Gasteiger partial charge in [-0.2, -0.15) is 0 Å². The summed E-state index contributed by atoms with van der Waals surface area (Å²) in [5.74, 6) is 0.213. The highest BCUT2D eigenvalue weighted by molar-refractivity contribution is 7.92. The first-order valence-electron chi connectivity index (χ1n) is 10.2. The second-order valence-corrected chi connectivity index (χ2v) is 9.14. The molecule has 0 unspecified atom stereocenters. The van der Waals surface area contributed by atoms with Gasteiger partial charge in [0.25, 0.3) is 15.9 Å². The molecule has 160 valence electrons. The van der Waals surface area contributed by atoms with E-state index in [1.54, 1.807) is 30.3 Å². The first kappa shape index (κ1) is 20.9. The van der Waals surface area contributed by atoms with E-state index >= 15 is 0 Å². The van der Waals surface area contributed by atoms with E-state index in [1.807, 2.05) is 37.3 Å². The highest BCUT2D eigenvalue weighted by atomic mass is 32.2. The Labute approximate surface area is 182 Å². The number of hydrogen-bond acceptors (Lipinski definition) is 4. The minimum Gasteiger partial charge on any atom is -0.493 e. The Bertz CT molecular complexity index is 1190. The molecule has 1 amide bonds. The number of fused-ring (bicyclic) bond motifs is 1. The van der Waals surface area contributed by atoms with Gasteiger partial charge in [0.2, 0.25) is 0 Å². The number of hydrogen-bond donors (Lipinski definition) is 1. The Balaban J connectivity index is 1.51. The summed E-state index contributed by atoms with van der Waals surface area (Å²) in [7, 11) is -3.67. The second-order valence-electron chi connectivity index (χ2n) is 7.28. The third-order valence-corrected chi connectivity index (χ3v) is 6.97. The quantitative estimate of drug-likeness (QED) is 0.593. The molecule has 6 nitrogen and oxygen atoms in total. The first-order chi connectivity index (χ1) is 15.0. The molecule has 1 aliphatic heterocycles. The Hall–Kier alpha value is -3.32. The first-order valence-corrected chi connectivity index (χ1v) is 11.7. The minimum absolute atomic E-state index is 0.189. The standard InChI is InChI=1S/C24H24N2O4S/c1-2-17-30-23-10-6-4-8-21(23)24(27)25-19-11-13-20(14-12-19)31(28,29)26-16-15-18-7-3-5-9-22(18)26/h3-14H,2,15-17H2,1H3,(H,25,27). The lowest BCUT2D eigenvalue weighted by Crippen LogP contribution is -2.29. The van der Waals surface area contributed by atoms with Gasteiger partial charge in [-0.25, -0.2) is 8.42 Å². The van der Waals surface area contributed by atoms with Gasteiger partial charge in [-0.3, -0.25) is 9.10 Å². The largest absolute Gasteiger partial charge is 0.493 e. The van der Waals surface area contributed by atoms with Gasteiger partial charge in [0.05, 0.1) is 22.8 Å². The van der Waals surface area contributed by atoms with Crippen molar-refractivity contribution in [1.29, 1.82) is 0 Å². The van der Waals surface area contributed by atoms with Crippen molar-refractivity contribution in [2.24, 2.45) is 0 Å². The lowest BCUT2D eigenvalue weighted by Gasteiger charge is -2.19. The van der Waals surface area contributed by atoms with Crippen molar-refractivity contribution in [1.82, 2.24) is 0 Å². The van der Waals surface area contributed by atoms with E-state index in [2.05, 4.69) is 5.32 Å². The van der Waals surface area contributed by atoms with Crippen LogP contribution in [0.2, 0.25) is 0 Å². The van der Waals surface area contributed by atoms with E-state index < -0.39 is 10.0 Å². The lowest BCUT2D eigenvalue weighted by atomic mass is 10.2. The van der Waals surface area contributed by atoms with Crippen molar-refractivity contribution in [3.05, 3.63) is 83.9 Å². The normalized spacial score (nSPS) is 13.0. The molecule has 0 bridgehead atoms. The smallest absolute Gasteiger partial charge is 0.264 e. The highest BCUT2D eigenvalue weighted by Crippen LogP contribution is 2.33. The third kappa shape index (κ3) is 4.27. The number of para-hydroxylation sites is 2. The van der Waals surface area contributed by atoms with Gasteiger partial charge in [-0.05, 0) is 60.9 Å². The highest BCUT2D eigenvalue weighted by Gasteiger charge is 2.30. The maximum atomic E-state index is 13.1. The topological polar surface area (TPSA) is 75.7 Å². The van der Waals surface area contributed by atoms with Crippen molar-refractivity contribution in [3.63, 3.8) is 0 Å². The van der Waals surface area contributed by atoms with Gasteiger partial charge >= 0.3 is 0 Å². The molecule has 31 heavy (non-hydrogen) atoms. The number of anilines is 2. The number of ether oxygens (including phenoxy) is 1. The fourth-order valence-corrected chi connectivity index (χ4v) is 5.09. The maximum Gasteiger partial charge on any atom is 0.264 e. The number of benzene rings is 3. The van der Waals surface area contributed by atoms with Crippen LogP contribution in [0.25, 0.3) is 0 Å². The van der Waals surface area contributed by atoms with Gasteiger partial charge in [0.15, 0.2) is 0 Å². The molecule has 3 aromatic carbocycles. The molecule has 4 rings (SSSR count). The van der Waals surface area contributed by atoms with Crippen molar-refractivity contribution in [2.45, 2.75) is 24.7 Å². The van der Waals surface area contributed by atoms with Gasteiger partial charge in [0.1, 0.15) is 5.75 Å². The molecule has 0 atom stereocenters. The van der Waals surface area contributed by atoms with Crippen LogP contribution in [0, 0.1) is 0 Å². The summed E-state index contributed by atoms with van der Waals surface area (Å²) in [6.07, 6.45) is 1.54. The van der Waals surface area contributed by atoms with Crippen LogP contribution in [0.1, 0.15) is 29.3 Å². The molecule has 1 aliphatic rings. The molecule has 0 radical (unpaired) electrons. The molecule has 0 aromatic heterocycles. The zero-order valence-electron chi connectivity index (χ0n) is 17.2. The van der Waals surface area contributed by atoms with E-state index in [9.17, 15) is 13.2 Å². The number of sulfonamides is 1. The Morgan fingerprint density at radius 1 is 1.00 bits per heavy atom. The number of carbonyl (C=O) groups is 1. The molecular formula is C24H24N2O4S. The maximum absolute atomic E-state index is 13.1. The van der Waals surface area contributed by atoms with Crippen molar-refractivity contribution >= 4 is 27.3 Å². The van der Waals surface area contributed by atoms with Crippen LogP contribution >= 0.6 is 0 Å². The van der Waals surface area contributed by atoms with Crippen molar-refractivity contribution in [3.8, 4) is 5.75 Å². The number of nitrogens with one attached hydrogen (secondary N) is 1.